The number of hydrogen-bond donors (Lipinski definition) is 1. The van der Waals surface area contributed by atoms with Crippen LogP contribution in [0.4, 0.5) is 0 Å². The van der Waals surface area contributed by atoms with Gasteiger partial charge < -0.3 is 19.5 Å². The summed E-state index contributed by atoms with van der Waals surface area (Å²) in [7, 11) is 0. The average molecular weight is 730 g/mol. The van der Waals surface area contributed by atoms with Gasteiger partial charge in [0.2, 0.25) is 0 Å². The van der Waals surface area contributed by atoms with E-state index in [9.17, 15) is 9.90 Å². The maximum Gasteiger partial charge on any atom is 0.141 e. The van der Waals surface area contributed by atoms with Gasteiger partial charge in [-0.15, -0.1) is 0 Å². The van der Waals surface area contributed by atoms with E-state index >= 15 is 0 Å². The number of nitrogens with zero attached hydrogens (tertiary/aromatic N) is 3. The molecule has 302 valence electrons. The molecule has 5 fully saturated rings. The normalized spacial score (nSPS) is 36.9. The minimum atomic E-state index is -0.470. The SMILES string of the molecule is C=C1C(C)CN(CC(COC2CC(C)CCC2C(C)C)N2CCCC2)CC1C.CC1CCC(C(C)C)C(OCC(O)CN2CC(C)C(=O)C(C)C2)C1. The zero-order valence-corrected chi connectivity index (χ0v) is 35.5. The van der Waals surface area contributed by atoms with Crippen molar-refractivity contribution in [3.63, 3.8) is 0 Å². The molecule has 12 atom stereocenters. The van der Waals surface area contributed by atoms with Crippen molar-refractivity contribution in [1.29, 1.82) is 0 Å². The van der Waals surface area contributed by atoms with Gasteiger partial charge in [-0.05, 0) is 99.0 Å². The lowest BCUT2D eigenvalue weighted by Gasteiger charge is -2.42. The zero-order valence-electron chi connectivity index (χ0n) is 35.5. The van der Waals surface area contributed by atoms with E-state index in [0.717, 1.165) is 56.3 Å². The van der Waals surface area contributed by atoms with Crippen molar-refractivity contribution >= 4 is 5.78 Å². The van der Waals surface area contributed by atoms with Crippen LogP contribution in [0.5, 0.6) is 0 Å². The van der Waals surface area contributed by atoms with Crippen molar-refractivity contribution in [1.82, 2.24) is 14.7 Å². The minimum Gasteiger partial charge on any atom is -0.389 e. The van der Waals surface area contributed by atoms with Gasteiger partial charge in [0.05, 0.1) is 31.5 Å². The van der Waals surface area contributed by atoms with Crippen molar-refractivity contribution in [2.75, 3.05) is 65.6 Å². The molecule has 0 aromatic rings. The van der Waals surface area contributed by atoms with Crippen LogP contribution >= 0.6 is 0 Å². The Kier molecular flexibility index (Phi) is 17.6. The fourth-order valence-corrected chi connectivity index (χ4v) is 10.5. The molecule has 52 heavy (non-hydrogen) atoms. The predicted octanol–water partition coefficient (Wildman–Crippen LogP) is 8.05. The molecule has 5 rings (SSSR count). The van der Waals surface area contributed by atoms with Crippen molar-refractivity contribution in [2.45, 2.75) is 145 Å². The number of ketones is 1. The van der Waals surface area contributed by atoms with Crippen molar-refractivity contribution in [3.05, 3.63) is 12.2 Å². The fourth-order valence-electron chi connectivity index (χ4n) is 10.5. The molecule has 3 heterocycles. The van der Waals surface area contributed by atoms with Gasteiger partial charge in [0.15, 0.2) is 0 Å². The molecule has 5 aliphatic rings. The van der Waals surface area contributed by atoms with Crippen LogP contribution in [-0.4, -0.2) is 116 Å². The summed E-state index contributed by atoms with van der Waals surface area (Å²) in [6.07, 6.45) is 10.6. The van der Waals surface area contributed by atoms with Crippen LogP contribution in [0.3, 0.4) is 0 Å². The second kappa shape index (κ2) is 20.9. The summed E-state index contributed by atoms with van der Waals surface area (Å²) >= 11 is 0. The number of hydrogen-bond acceptors (Lipinski definition) is 7. The molecule has 0 bridgehead atoms. The van der Waals surface area contributed by atoms with E-state index in [-0.39, 0.29) is 17.9 Å². The van der Waals surface area contributed by atoms with Gasteiger partial charge in [-0.25, -0.2) is 0 Å². The van der Waals surface area contributed by atoms with Gasteiger partial charge in [-0.3, -0.25) is 14.6 Å². The Morgan fingerprint density at radius 2 is 1.12 bits per heavy atom. The summed E-state index contributed by atoms with van der Waals surface area (Å²) in [6, 6.07) is 0.554. The monoisotopic (exact) mass is 730 g/mol. The smallest absolute Gasteiger partial charge is 0.141 e. The summed E-state index contributed by atoms with van der Waals surface area (Å²) < 4.78 is 12.9. The lowest BCUT2D eigenvalue weighted by atomic mass is 9.75. The molecule has 0 spiro atoms. The molecule has 0 radical (unpaired) electrons. The Morgan fingerprint density at radius 1 is 0.673 bits per heavy atom. The number of carbonyl (C=O) groups is 1. The number of aliphatic hydroxyl groups excluding tert-OH is 1. The van der Waals surface area contributed by atoms with E-state index in [1.54, 1.807) is 0 Å². The summed E-state index contributed by atoms with van der Waals surface area (Å²) in [6.45, 7) is 36.5. The first-order valence-corrected chi connectivity index (χ1v) is 21.9. The number of aliphatic hydroxyl groups is 1. The van der Waals surface area contributed by atoms with Crippen molar-refractivity contribution in [2.24, 2.45) is 59.2 Å². The number of likely N-dealkylation sites (tertiary alicyclic amines) is 3. The highest BCUT2D eigenvalue weighted by atomic mass is 16.5. The maximum atomic E-state index is 11.9. The highest BCUT2D eigenvalue weighted by Crippen LogP contribution is 2.37. The van der Waals surface area contributed by atoms with Crippen LogP contribution in [0.1, 0.15) is 121 Å². The van der Waals surface area contributed by atoms with E-state index in [0.29, 0.717) is 54.8 Å². The van der Waals surface area contributed by atoms with Gasteiger partial charge in [0.25, 0.3) is 0 Å². The topological polar surface area (TPSA) is 65.5 Å². The molecular formula is C45H83N3O4. The highest BCUT2D eigenvalue weighted by molar-refractivity contribution is 5.83. The molecule has 3 saturated heterocycles. The zero-order chi connectivity index (χ0) is 38.1. The Bertz CT molecular complexity index is 1050. The van der Waals surface area contributed by atoms with Gasteiger partial charge in [0.1, 0.15) is 5.78 Å². The molecule has 7 heteroatoms. The van der Waals surface area contributed by atoms with Gasteiger partial charge in [0, 0.05) is 57.1 Å². The second-order valence-corrected chi connectivity index (χ2v) is 19.5. The van der Waals surface area contributed by atoms with E-state index in [4.69, 9.17) is 9.47 Å². The molecule has 2 aliphatic carbocycles. The fraction of sp³-hybridized carbons (Fsp3) is 0.933. The average Bonchev–Trinajstić information content (AvgIpc) is 3.62. The van der Waals surface area contributed by atoms with Crippen LogP contribution in [0.2, 0.25) is 0 Å². The first-order chi connectivity index (χ1) is 24.6. The van der Waals surface area contributed by atoms with Crippen molar-refractivity contribution in [3.8, 4) is 0 Å². The Balaban J connectivity index is 0.000000236. The van der Waals surface area contributed by atoms with Crippen LogP contribution in [0, 0.1) is 59.2 Å². The van der Waals surface area contributed by atoms with Gasteiger partial charge >= 0.3 is 0 Å². The third-order valence-electron chi connectivity index (χ3n) is 13.9. The number of rotatable bonds is 13. The molecule has 0 aromatic carbocycles. The van der Waals surface area contributed by atoms with Crippen LogP contribution < -0.4 is 0 Å². The Morgan fingerprint density at radius 3 is 1.60 bits per heavy atom. The molecular weight excluding hydrogens is 647 g/mol. The van der Waals surface area contributed by atoms with Crippen LogP contribution in [0.15, 0.2) is 12.2 Å². The Hall–Kier alpha value is -0.830. The maximum absolute atomic E-state index is 11.9. The van der Waals surface area contributed by atoms with E-state index in [1.807, 2.05) is 13.8 Å². The number of Topliss-reactive ketones (excluding diaryl/α,β-unsaturated/α-hetero) is 1. The lowest BCUT2D eigenvalue weighted by molar-refractivity contribution is -0.131. The van der Waals surface area contributed by atoms with Crippen LogP contribution in [-0.2, 0) is 14.3 Å². The molecule has 1 N–H and O–H groups in total. The largest absolute Gasteiger partial charge is 0.389 e. The summed E-state index contributed by atoms with van der Waals surface area (Å²) in [5.41, 5.74) is 1.45. The van der Waals surface area contributed by atoms with E-state index < -0.39 is 6.10 Å². The standard InChI is InChI=1S/C25H46N2O.C20H37NO3/c1-18(2)24-10-9-19(3)13-25(24)28-17-23(27-11-7-8-12-27)16-26-14-20(4)22(6)21(5)15-26;1-13(2)18-7-6-14(3)8-19(18)24-12-17(22)11-21-9-15(4)20(23)16(5)10-21/h18-21,23-25H,6-17H2,1-5H3;13-19,22H,6-12H2,1-5H3. The number of ether oxygens (including phenoxy) is 2. The number of β-amino-alcohol motifs (C(OH)–C–C–N with tert-alkyl or cyclic N) is 1. The molecule has 12 unspecified atom stereocenters. The summed E-state index contributed by atoms with van der Waals surface area (Å²) in [5.74, 6) is 6.01. The van der Waals surface area contributed by atoms with Gasteiger partial charge in [-0.1, -0.05) is 94.2 Å². The minimum absolute atomic E-state index is 0.0754. The lowest BCUT2D eigenvalue weighted by Crippen LogP contribution is -2.50. The first-order valence-electron chi connectivity index (χ1n) is 21.9. The number of carbonyl (C=O) groups excluding carboxylic acids is 1. The molecule has 7 nitrogen and oxygen atoms in total. The first kappa shape index (κ1) is 43.9. The third kappa shape index (κ3) is 12.9. The highest BCUT2D eigenvalue weighted by Gasteiger charge is 2.36. The second-order valence-electron chi connectivity index (χ2n) is 19.5. The molecule has 3 aliphatic heterocycles. The van der Waals surface area contributed by atoms with E-state index in [1.165, 1.54) is 76.7 Å². The predicted molar refractivity (Wildman–Crippen MR) is 216 cm³/mol. The third-order valence-corrected chi connectivity index (χ3v) is 13.9. The number of piperidine rings is 2. The van der Waals surface area contributed by atoms with Crippen molar-refractivity contribution < 1.29 is 19.4 Å². The molecule has 0 aromatic heterocycles. The summed E-state index contributed by atoms with van der Waals surface area (Å²) in [5, 5.41) is 10.4. The molecule has 2 saturated carbocycles. The quantitative estimate of drug-likeness (QED) is 0.193. The molecule has 0 amide bonds. The van der Waals surface area contributed by atoms with Gasteiger partial charge in [-0.2, -0.15) is 0 Å². The van der Waals surface area contributed by atoms with E-state index in [2.05, 4.69) is 76.7 Å². The Labute approximate surface area is 321 Å². The van der Waals surface area contributed by atoms with Crippen LogP contribution in [0.25, 0.3) is 0 Å². The summed E-state index contributed by atoms with van der Waals surface area (Å²) in [4.78, 5) is 19.5.